The van der Waals surface area contributed by atoms with Gasteiger partial charge in [-0.1, -0.05) is 31.2 Å². The minimum atomic E-state index is -0.490. The molecule has 3 rings (SSSR count). The Bertz CT molecular complexity index is 1070. The maximum Gasteiger partial charge on any atom is 0.336 e. The van der Waals surface area contributed by atoms with Gasteiger partial charge in [0.2, 0.25) is 0 Å². The van der Waals surface area contributed by atoms with Crippen LogP contribution in [0.4, 0.5) is 11.4 Å². The van der Waals surface area contributed by atoms with Gasteiger partial charge in [-0.25, -0.2) is 4.79 Å². The molecule has 3 aromatic rings. The van der Waals surface area contributed by atoms with E-state index in [-0.39, 0.29) is 18.3 Å². The molecule has 6 heteroatoms. The Balaban J connectivity index is 1.57. The lowest BCUT2D eigenvalue weighted by Crippen LogP contribution is -2.11. The fourth-order valence-electron chi connectivity index (χ4n) is 2.90. The van der Waals surface area contributed by atoms with Gasteiger partial charge in [-0.3, -0.25) is 4.79 Å². The summed E-state index contributed by atoms with van der Waals surface area (Å²) >= 11 is 0. The van der Waals surface area contributed by atoms with Crippen LogP contribution in [0.5, 0.6) is 11.5 Å². The van der Waals surface area contributed by atoms with Crippen LogP contribution in [-0.4, -0.2) is 11.9 Å². The average molecular weight is 416 g/mol. The highest BCUT2D eigenvalue weighted by atomic mass is 16.5. The Labute approximate surface area is 181 Å². The number of carbonyl (C=O) groups excluding carboxylic acids is 2. The third-order valence-electron chi connectivity index (χ3n) is 4.57. The first-order chi connectivity index (χ1) is 14.9. The lowest BCUT2D eigenvalue weighted by molar-refractivity contribution is -0.134. The molecule has 31 heavy (non-hydrogen) atoms. The van der Waals surface area contributed by atoms with Crippen LogP contribution in [0, 0.1) is 0 Å². The van der Waals surface area contributed by atoms with E-state index in [0.29, 0.717) is 22.9 Å². The number of rotatable bonds is 7. The van der Waals surface area contributed by atoms with E-state index >= 15 is 0 Å². The smallest absolute Gasteiger partial charge is 0.336 e. The summed E-state index contributed by atoms with van der Waals surface area (Å²) in [5.41, 5.74) is 14.2. The second-order valence-corrected chi connectivity index (χ2v) is 7.14. The first-order valence-electron chi connectivity index (χ1n) is 9.80. The van der Waals surface area contributed by atoms with E-state index < -0.39 is 5.97 Å². The number of nitrogen functional groups attached to an aromatic ring is 2. The van der Waals surface area contributed by atoms with Gasteiger partial charge in [0.05, 0.1) is 6.42 Å². The number of carbonyl (C=O) groups is 2. The van der Waals surface area contributed by atoms with E-state index in [1.807, 2.05) is 31.2 Å². The minimum absolute atomic E-state index is 0.0589. The van der Waals surface area contributed by atoms with Crippen molar-refractivity contribution in [2.24, 2.45) is 0 Å². The molecule has 3 aromatic carbocycles. The molecule has 0 aliphatic rings. The molecule has 0 aromatic heterocycles. The van der Waals surface area contributed by atoms with Crippen LogP contribution in [0.1, 0.15) is 30.4 Å². The van der Waals surface area contributed by atoms with Gasteiger partial charge >= 0.3 is 11.9 Å². The summed E-state index contributed by atoms with van der Waals surface area (Å²) in [7, 11) is 0. The lowest BCUT2D eigenvalue weighted by atomic mass is 9.96. The number of ether oxygens (including phenoxy) is 2. The van der Waals surface area contributed by atoms with Crippen LogP contribution in [0.2, 0.25) is 0 Å². The third-order valence-corrected chi connectivity index (χ3v) is 4.57. The molecule has 0 aliphatic heterocycles. The van der Waals surface area contributed by atoms with E-state index in [9.17, 15) is 9.59 Å². The largest absolute Gasteiger partial charge is 0.427 e. The van der Waals surface area contributed by atoms with Crippen molar-refractivity contribution in [2.45, 2.75) is 19.3 Å². The molecular weight excluding hydrogens is 392 g/mol. The summed E-state index contributed by atoms with van der Waals surface area (Å²) in [6.45, 7) is 1.95. The summed E-state index contributed by atoms with van der Waals surface area (Å²) in [5, 5.41) is 0. The molecule has 0 aliphatic carbocycles. The summed E-state index contributed by atoms with van der Waals surface area (Å²) in [6, 6.07) is 20.9. The Hall–Kier alpha value is -4.06. The summed E-state index contributed by atoms with van der Waals surface area (Å²) in [4.78, 5) is 24.3. The van der Waals surface area contributed by atoms with Crippen molar-refractivity contribution in [1.82, 2.24) is 0 Å². The van der Waals surface area contributed by atoms with E-state index in [1.54, 1.807) is 54.6 Å². The zero-order valence-electron chi connectivity index (χ0n) is 17.2. The fraction of sp³-hybridized carbons (Fsp3) is 0.120. The Morgan fingerprint density at radius 1 is 0.871 bits per heavy atom. The fourth-order valence-corrected chi connectivity index (χ4v) is 2.90. The standard InChI is InChI=1S/C25H24N2O4/c1-17(15-25(29)31-23-12-8-21(27)9-13-23)19-4-2-3-18(16-19)5-14-24(28)30-22-10-6-20(26)7-11-22/h2-14,16-17H,15,26-27H2,1H3/b14-5+. The van der Waals surface area contributed by atoms with Gasteiger partial charge in [-0.15, -0.1) is 0 Å². The summed E-state index contributed by atoms with van der Waals surface area (Å²) in [6.07, 6.45) is 3.24. The molecule has 1 unspecified atom stereocenters. The van der Waals surface area contributed by atoms with Gasteiger partial charge in [0, 0.05) is 17.5 Å². The Morgan fingerprint density at radius 2 is 1.45 bits per heavy atom. The normalized spacial score (nSPS) is 11.8. The summed E-state index contributed by atoms with van der Waals surface area (Å²) < 4.78 is 10.6. The number of benzene rings is 3. The molecule has 158 valence electrons. The van der Waals surface area contributed by atoms with Gasteiger partial charge in [-0.2, -0.15) is 0 Å². The van der Waals surface area contributed by atoms with Crippen LogP contribution in [0.15, 0.2) is 78.9 Å². The van der Waals surface area contributed by atoms with Gasteiger partial charge in [0.25, 0.3) is 0 Å². The van der Waals surface area contributed by atoms with E-state index in [0.717, 1.165) is 11.1 Å². The Kier molecular flexibility index (Phi) is 7.06. The second kappa shape index (κ2) is 10.1. The van der Waals surface area contributed by atoms with Crippen molar-refractivity contribution >= 4 is 29.4 Å². The van der Waals surface area contributed by atoms with Gasteiger partial charge in [0.1, 0.15) is 11.5 Å². The van der Waals surface area contributed by atoms with Crippen LogP contribution >= 0.6 is 0 Å². The molecule has 0 fully saturated rings. The third kappa shape index (κ3) is 6.75. The zero-order valence-corrected chi connectivity index (χ0v) is 17.2. The zero-order chi connectivity index (χ0) is 22.2. The first kappa shape index (κ1) is 21.6. The van der Waals surface area contributed by atoms with Crippen molar-refractivity contribution < 1.29 is 19.1 Å². The maximum absolute atomic E-state index is 12.2. The number of anilines is 2. The number of nitrogens with two attached hydrogens (primary N) is 2. The van der Waals surface area contributed by atoms with Crippen LogP contribution in [0.25, 0.3) is 6.08 Å². The molecular formula is C25H24N2O4. The molecule has 0 radical (unpaired) electrons. The minimum Gasteiger partial charge on any atom is -0.427 e. The van der Waals surface area contributed by atoms with Crippen molar-refractivity contribution in [3.05, 3.63) is 90.0 Å². The molecule has 0 amide bonds. The first-order valence-corrected chi connectivity index (χ1v) is 9.80. The predicted octanol–water partition coefficient (Wildman–Crippen LogP) is 4.57. The Morgan fingerprint density at radius 3 is 2.06 bits per heavy atom. The average Bonchev–Trinajstić information content (AvgIpc) is 2.76. The van der Waals surface area contributed by atoms with Crippen molar-refractivity contribution in [2.75, 3.05) is 11.5 Å². The molecule has 0 heterocycles. The molecule has 0 saturated heterocycles. The van der Waals surface area contributed by atoms with Gasteiger partial charge in [-0.05, 0) is 71.7 Å². The molecule has 0 saturated carbocycles. The molecule has 0 bridgehead atoms. The van der Waals surface area contributed by atoms with Crippen LogP contribution < -0.4 is 20.9 Å². The monoisotopic (exact) mass is 416 g/mol. The van der Waals surface area contributed by atoms with Crippen LogP contribution in [-0.2, 0) is 9.59 Å². The summed E-state index contributed by atoms with van der Waals surface area (Å²) in [5.74, 6) is 0.00508. The van der Waals surface area contributed by atoms with Crippen molar-refractivity contribution in [3.63, 3.8) is 0 Å². The second-order valence-electron chi connectivity index (χ2n) is 7.14. The van der Waals surface area contributed by atoms with Crippen LogP contribution in [0.3, 0.4) is 0 Å². The highest BCUT2D eigenvalue weighted by Gasteiger charge is 2.13. The van der Waals surface area contributed by atoms with E-state index in [1.165, 1.54) is 6.08 Å². The quantitative estimate of drug-likeness (QED) is 0.253. The van der Waals surface area contributed by atoms with Gasteiger partial charge < -0.3 is 20.9 Å². The number of hydrogen-bond donors (Lipinski definition) is 2. The van der Waals surface area contributed by atoms with E-state index in [4.69, 9.17) is 20.9 Å². The molecule has 0 spiro atoms. The van der Waals surface area contributed by atoms with E-state index in [2.05, 4.69) is 0 Å². The predicted molar refractivity (Wildman–Crippen MR) is 121 cm³/mol. The molecule has 1 atom stereocenters. The molecule has 4 N–H and O–H groups in total. The SMILES string of the molecule is CC(CC(=O)Oc1ccc(N)cc1)c1cccc(/C=C/C(=O)Oc2ccc(N)cc2)c1. The van der Waals surface area contributed by atoms with Crippen molar-refractivity contribution in [3.8, 4) is 11.5 Å². The lowest BCUT2D eigenvalue weighted by Gasteiger charge is -2.12. The van der Waals surface area contributed by atoms with Gasteiger partial charge in [0.15, 0.2) is 0 Å². The molecule has 6 nitrogen and oxygen atoms in total. The maximum atomic E-state index is 12.2. The van der Waals surface area contributed by atoms with Crippen molar-refractivity contribution in [1.29, 1.82) is 0 Å². The number of esters is 2. The highest BCUT2D eigenvalue weighted by molar-refractivity contribution is 5.88. The highest BCUT2D eigenvalue weighted by Crippen LogP contribution is 2.22. The topological polar surface area (TPSA) is 105 Å². The number of hydrogen-bond acceptors (Lipinski definition) is 6.